The normalized spacial score (nSPS) is 16.0. The van der Waals surface area contributed by atoms with E-state index in [1.807, 2.05) is 4.90 Å². The predicted octanol–water partition coefficient (Wildman–Crippen LogP) is 4.25. The molecule has 3 heteroatoms. The van der Waals surface area contributed by atoms with Gasteiger partial charge >= 0.3 is 0 Å². The van der Waals surface area contributed by atoms with Crippen LogP contribution in [0.5, 0.6) is 0 Å². The summed E-state index contributed by atoms with van der Waals surface area (Å²) in [6.45, 7) is 4.83. The highest BCUT2D eigenvalue weighted by Gasteiger charge is 2.25. The van der Waals surface area contributed by atoms with Crippen LogP contribution < -0.4 is 0 Å². The maximum Gasteiger partial charge on any atom is 0.227 e. The molecule has 1 aromatic rings. The standard InChI is InChI=1S/C18H26ClNO/c1-14-8-9-15(2)16(12-14)13-18(21)20(11-10-19)17-6-4-3-5-7-17/h8-9,12,17H,3-7,10-11,13H2,1-2H3. The van der Waals surface area contributed by atoms with Gasteiger partial charge in [-0.3, -0.25) is 4.79 Å². The number of hydrogen-bond donors (Lipinski definition) is 0. The van der Waals surface area contributed by atoms with Gasteiger partial charge in [-0.05, 0) is 37.8 Å². The van der Waals surface area contributed by atoms with Crippen LogP contribution >= 0.6 is 11.6 Å². The molecule has 0 spiro atoms. The molecule has 0 radical (unpaired) electrons. The van der Waals surface area contributed by atoms with Gasteiger partial charge in [-0.15, -0.1) is 11.6 Å². The van der Waals surface area contributed by atoms with Gasteiger partial charge in [0.15, 0.2) is 0 Å². The minimum absolute atomic E-state index is 0.233. The van der Waals surface area contributed by atoms with E-state index in [2.05, 4.69) is 32.0 Å². The van der Waals surface area contributed by atoms with E-state index in [9.17, 15) is 4.79 Å². The van der Waals surface area contributed by atoms with Crippen molar-refractivity contribution in [1.82, 2.24) is 4.90 Å². The second-order valence-electron chi connectivity index (χ2n) is 6.17. The Labute approximate surface area is 133 Å². The van der Waals surface area contributed by atoms with Gasteiger partial charge in [0.1, 0.15) is 0 Å². The Kier molecular flexibility index (Phi) is 6.10. The number of rotatable bonds is 5. The average molecular weight is 308 g/mol. The third-order valence-corrected chi connectivity index (χ3v) is 4.68. The monoisotopic (exact) mass is 307 g/mol. The molecule has 2 nitrogen and oxygen atoms in total. The Hall–Kier alpha value is -1.02. The topological polar surface area (TPSA) is 20.3 Å². The fraction of sp³-hybridized carbons (Fsp3) is 0.611. The van der Waals surface area contributed by atoms with E-state index in [0.717, 1.165) is 18.4 Å². The molecular formula is C18H26ClNO. The summed E-state index contributed by atoms with van der Waals surface area (Å²) < 4.78 is 0. The predicted molar refractivity (Wildman–Crippen MR) is 88.9 cm³/mol. The zero-order valence-electron chi connectivity index (χ0n) is 13.2. The fourth-order valence-electron chi connectivity index (χ4n) is 3.25. The number of carbonyl (C=O) groups is 1. The first kappa shape index (κ1) is 16.4. The van der Waals surface area contributed by atoms with Gasteiger partial charge in [0.25, 0.3) is 0 Å². The van der Waals surface area contributed by atoms with Crippen LogP contribution in [0.25, 0.3) is 0 Å². The second-order valence-corrected chi connectivity index (χ2v) is 6.55. The van der Waals surface area contributed by atoms with Crippen LogP contribution in [0.2, 0.25) is 0 Å². The van der Waals surface area contributed by atoms with Crippen LogP contribution in [-0.2, 0) is 11.2 Å². The number of benzene rings is 1. The lowest BCUT2D eigenvalue weighted by atomic mass is 9.93. The largest absolute Gasteiger partial charge is 0.338 e. The molecule has 1 fully saturated rings. The van der Waals surface area contributed by atoms with Crippen molar-refractivity contribution in [2.75, 3.05) is 12.4 Å². The van der Waals surface area contributed by atoms with Gasteiger partial charge in [0, 0.05) is 18.5 Å². The van der Waals surface area contributed by atoms with E-state index < -0.39 is 0 Å². The van der Waals surface area contributed by atoms with Gasteiger partial charge in [-0.2, -0.15) is 0 Å². The van der Waals surface area contributed by atoms with Crippen molar-refractivity contribution < 1.29 is 4.79 Å². The van der Waals surface area contributed by atoms with Gasteiger partial charge in [0.05, 0.1) is 6.42 Å². The molecule has 0 unspecified atom stereocenters. The Bertz CT molecular complexity index is 480. The Morgan fingerprint density at radius 2 is 1.95 bits per heavy atom. The SMILES string of the molecule is Cc1ccc(C)c(CC(=O)N(CCCl)C2CCCCC2)c1. The number of amides is 1. The minimum atomic E-state index is 0.233. The van der Waals surface area contributed by atoms with Crippen LogP contribution in [0.15, 0.2) is 18.2 Å². The van der Waals surface area contributed by atoms with Crippen LogP contribution in [-0.4, -0.2) is 29.3 Å². The number of alkyl halides is 1. The molecule has 1 saturated carbocycles. The summed E-state index contributed by atoms with van der Waals surface area (Å²) in [4.78, 5) is 14.8. The molecular weight excluding hydrogens is 282 g/mol. The van der Waals surface area contributed by atoms with E-state index in [-0.39, 0.29) is 5.91 Å². The summed E-state index contributed by atoms with van der Waals surface area (Å²) in [6.07, 6.45) is 6.54. The number of nitrogens with zero attached hydrogens (tertiary/aromatic N) is 1. The lowest BCUT2D eigenvalue weighted by Gasteiger charge is -2.34. The van der Waals surface area contributed by atoms with Gasteiger partial charge in [-0.25, -0.2) is 0 Å². The molecule has 1 aromatic carbocycles. The molecule has 116 valence electrons. The second kappa shape index (κ2) is 7.84. The van der Waals surface area contributed by atoms with Crippen molar-refractivity contribution in [3.63, 3.8) is 0 Å². The van der Waals surface area contributed by atoms with Crippen LogP contribution in [0, 0.1) is 13.8 Å². The highest BCUT2D eigenvalue weighted by Crippen LogP contribution is 2.24. The van der Waals surface area contributed by atoms with Crippen molar-refractivity contribution in [2.45, 2.75) is 58.4 Å². The maximum absolute atomic E-state index is 12.7. The van der Waals surface area contributed by atoms with E-state index >= 15 is 0 Å². The van der Waals surface area contributed by atoms with Crippen molar-refractivity contribution in [2.24, 2.45) is 0 Å². The van der Waals surface area contributed by atoms with Crippen molar-refractivity contribution >= 4 is 17.5 Å². The molecule has 0 aliphatic heterocycles. The number of halogens is 1. The first-order valence-corrected chi connectivity index (χ1v) is 8.57. The number of carbonyl (C=O) groups excluding carboxylic acids is 1. The van der Waals surface area contributed by atoms with Gasteiger partial charge < -0.3 is 4.90 Å². The number of aryl methyl sites for hydroxylation is 2. The number of hydrogen-bond acceptors (Lipinski definition) is 1. The Morgan fingerprint density at radius 3 is 2.62 bits per heavy atom. The van der Waals surface area contributed by atoms with Crippen LogP contribution in [0.1, 0.15) is 48.8 Å². The van der Waals surface area contributed by atoms with Crippen molar-refractivity contribution in [3.05, 3.63) is 34.9 Å². The Balaban J connectivity index is 2.08. The molecule has 21 heavy (non-hydrogen) atoms. The molecule has 0 heterocycles. The minimum Gasteiger partial charge on any atom is -0.338 e. The van der Waals surface area contributed by atoms with E-state index in [1.165, 1.54) is 30.4 Å². The summed E-state index contributed by atoms with van der Waals surface area (Å²) in [5, 5.41) is 0. The summed E-state index contributed by atoms with van der Waals surface area (Å²) in [7, 11) is 0. The highest BCUT2D eigenvalue weighted by atomic mass is 35.5. The lowest BCUT2D eigenvalue weighted by Crippen LogP contribution is -2.43. The molecule has 0 aromatic heterocycles. The van der Waals surface area contributed by atoms with E-state index in [1.54, 1.807) is 0 Å². The molecule has 1 amide bonds. The molecule has 1 aliphatic rings. The van der Waals surface area contributed by atoms with Crippen molar-refractivity contribution in [3.8, 4) is 0 Å². The summed E-state index contributed by atoms with van der Waals surface area (Å²) in [6, 6.07) is 6.73. The molecule has 1 aliphatic carbocycles. The lowest BCUT2D eigenvalue weighted by molar-refractivity contribution is -0.133. The quantitative estimate of drug-likeness (QED) is 0.745. The van der Waals surface area contributed by atoms with Crippen molar-refractivity contribution in [1.29, 1.82) is 0 Å². The van der Waals surface area contributed by atoms with Gasteiger partial charge in [0.2, 0.25) is 5.91 Å². The van der Waals surface area contributed by atoms with E-state index in [0.29, 0.717) is 24.9 Å². The molecule has 0 bridgehead atoms. The molecule has 2 rings (SSSR count). The molecule has 0 atom stereocenters. The van der Waals surface area contributed by atoms with Crippen LogP contribution in [0.3, 0.4) is 0 Å². The smallest absolute Gasteiger partial charge is 0.227 e. The Morgan fingerprint density at radius 1 is 1.24 bits per heavy atom. The van der Waals surface area contributed by atoms with Gasteiger partial charge in [-0.1, -0.05) is 43.0 Å². The third kappa shape index (κ3) is 4.47. The fourth-order valence-corrected chi connectivity index (χ4v) is 3.43. The van der Waals surface area contributed by atoms with E-state index in [4.69, 9.17) is 11.6 Å². The maximum atomic E-state index is 12.7. The highest BCUT2D eigenvalue weighted by molar-refractivity contribution is 6.18. The summed E-state index contributed by atoms with van der Waals surface area (Å²) >= 11 is 5.93. The third-order valence-electron chi connectivity index (χ3n) is 4.51. The average Bonchev–Trinajstić information content (AvgIpc) is 2.49. The first-order valence-electron chi connectivity index (χ1n) is 8.03. The van der Waals surface area contributed by atoms with Crippen LogP contribution in [0.4, 0.5) is 0 Å². The first-order chi connectivity index (χ1) is 10.1. The summed E-state index contributed by atoms with van der Waals surface area (Å²) in [5.74, 6) is 0.755. The molecule has 0 N–H and O–H groups in total. The zero-order valence-corrected chi connectivity index (χ0v) is 14.0. The zero-order chi connectivity index (χ0) is 15.2. The molecule has 0 saturated heterocycles. The summed E-state index contributed by atoms with van der Waals surface area (Å²) in [5.41, 5.74) is 3.56.